The van der Waals surface area contributed by atoms with Gasteiger partial charge in [0, 0.05) is 24.2 Å². The summed E-state index contributed by atoms with van der Waals surface area (Å²) in [7, 11) is -3.37. The highest BCUT2D eigenvalue weighted by molar-refractivity contribution is 7.92. The van der Waals surface area contributed by atoms with Gasteiger partial charge in [-0.15, -0.1) is 0 Å². The first-order valence-electron chi connectivity index (χ1n) is 10.6. The van der Waals surface area contributed by atoms with Crippen molar-refractivity contribution < 1.29 is 18.3 Å². The fraction of sp³-hybridized carbons (Fsp3) is 0.250. The Bertz CT molecular complexity index is 1260. The van der Waals surface area contributed by atoms with Crippen molar-refractivity contribution >= 4 is 21.6 Å². The molecule has 9 nitrogen and oxygen atoms in total. The van der Waals surface area contributed by atoms with Gasteiger partial charge in [0.15, 0.2) is 9.84 Å². The predicted octanol–water partition coefficient (Wildman–Crippen LogP) is 2.78. The van der Waals surface area contributed by atoms with Gasteiger partial charge in [-0.2, -0.15) is 0 Å². The zero-order valence-electron chi connectivity index (χ0n) is 18.9. The highest BCUT2D eigenvalue weighted by Gasteiger charge is 2.19. The van der Waals surface area contributed by atoms with Crippen molar-refractivity contribution in [3.05, 3.63) is 77.7 Å². The van der Waals surface area contributed by atoms with E-state index in [4.69, 9.17) is 20.7 Å². The zero-order chi connectivity index (χ0) is 24.7. The molecule has 0 saturated heterocycles. The summed E-state index contributed by atoms with van der Waals surface area (Å²) in [6, 6.07) is 13.5. The maximum Gasteiger partial charge on any atom is 0.241 e. The van der Waals surface area contributed by atoms with E-state index in [9.17, 15) is 8.42 Å². The summed E-state index contributed by atoms with van der Waals surface area (Å²) < 4.78 is 30.0. The molecule has 0 fully saturated rings. The highest BCUT2D eigenvalue weighted by atomic mass is 32.2. The van der Waals surface area contributed by atoms with Gasteiger partial charge in [-0.05, 0) is 43.7 Å². The summed E-state index contributed by atoms with van der Waals surface area (Å²) in [4.78, 5) is 8.73. The molecule has 1 heterocycles. The number of aliphatic hydroxyl groups excluding tert-OH is 1. The normalized spacial score (nSPS) is 11.4. The van der Waals surface area contributed by atoms with Crippen LogP contribution in [0.15, 0.2) is 65.8 Å². The fourth-order valence-electron chi connectivity index (χ4n) is 3.00. The molecule has 0 atom stereocenters. The number of nitrogens with one attached hydrogen (secondary N) is 3. The van der Waals surface area contributed by atoms with Crippen molar-refractivity contribution in [2.24, 2.45) is 0 Å². The number of sulfone groups is 1. The Morgan fingerprint density at radius 3 is 2.32 bits per heavy atom. The van der Waals surface area contributed by atoms with Crippen LogP contribution in [-0.2, 0) is 21.1 Å². The van der Waals surface area contributed by atoms with Crippen molar-refractivity contribution in [2.45, 2.75) is 30.5 Å². The summed E-state index contributed by atoms with van der Waals surface area (Å²) in [6.07, 6.45) is 2.88. The van der Waals surface area contributed by atoms with E-state index in [0.29, 0.717) is 29.9 Å². The summed E-state index contributed by atoms with van der Waals surface area (Å²) in [5, 5.41) is 27.7. The monoisotopic (exact) mass is 481 g/mol. The first-order valence-corrected chi connectivity index (χ1v) is 12.2. The standard InChI is InChI=1S/C24H27N5O4S/c1-16(2)34(31,32)20-9-7-18(8-10-20)21-14-28-15-22(29-21)24(26)33-23(25)19-5-3-17(4-6-19)13-27-11-12-30/h3-10,14-16,25-27,30H,11-13H2,1-2H3. The molecular formula is C24H27N5O4S. The van der Waals surface area contributed by atoms with Crippen LogP contribution >= 0.6 is 0 Å². The quantitative estimate of drug-likeness (QED) is 0.208. The Balaban J connectivity index is 1.69. The minimum Gasteiger partial charge on any atom is -0.419 e. The molecule has 1 aromatic heterocycles. The van der Waals surface area contributed by atoms with Crippen LogP contribution in [0.3, 0.4) is 0 Å². The van der Waals surface area contributed by atoms with Crippen LogP contribution in [0.5, 0.6) is 0 Å². The van der Waals surface area contributed by atoms with Crippen molar-refractivity contribution in [1.82, 2.24) is 15.3 Å². The summed E-state index contributed by atoms with van der Waals surface area (Å²) in [6.45, 7) is 4.42. The van der Waals surface area contributed by atoms with Crippen LogP contribution in [0, 0.1) is 10.8 Å². The number of aromatic nitrogens is 2. The van der Waals surface area contributed by atoms with Crippen LogP contribution in [-0.4, -0.2) is 53.7 Å². The molecule has 0 aliphatic rings. The predicted molar refractivity (Wildman–Crippen MR) is 130 cm³/mol. The lowest BCUT2D eigenvalue weighted by atomic mass is 10.1. The zero-order valence-corrected chi connectivity index (χ0v) is 19.8. The van der Waals surface area contributed by atoms with Crippen LogP contribution in [0.25, 0.3) is 11.3 Å². The van der Waals surface area contributed by atoms with Gasteiger partial charge >= 0.3 is 0 Å². The first kappa shape index (κ1) is 25.2. The van der Waals surface area contributed by atoms with E-state index in [1.54, 1.807) is 38.1 Å². The third-order valence-corrected chi connectivity index (χ3v) is 7.17. The van der Waals surface area contributed by atoms with Crippen LogP contribution in [0.4, 0.5) is 0 Å². The van der Waals surface area contributed by atoms with Gasteiger partial charge in [0.1, 0.15) is 5.69 Å². The highest BCUT2D eigenvalue weighted by Crippen LogP contribution is 2.22. The van der Waals surface area contributed by atoms with E-state index in [1.807, 2.05) is 12.1 Å². The molecule has 0 aliphatic carbocycles. The van der Waals surface area contributed by atoms with Crippen LogP contribution in [0.1, 0.15) is 30.7 Å². The minimum atomic E-state index is -3.37. The van der Waals surface area contributed by atoms with Gasteiger partial charge in [0.2, 0.25) is 11.8 Å². The molecule has 0 aliphatic heterocycles. The second-order valence-corrected chi connectivity index (χ2v) is 10.3. The fourth-order valence-corrected chi connectivity index (χ4v) is 4.06. The Morgan fingerprint density at radius 2 is 1.71 bits per heavy atom. The third kappa shape index (κ3) is 6.10. The Morgan fingerprint density at radius 1 is 1.03 bits per heavy atom. The van der Waals surface area contributed by atoms with Crippen LogP contribution in [0.2, 0.25) is 0 Å². The minimum absolute atomic E-state index is 0.0636. The van der Waals surface area contributed by atoms with E-state index in [2.05, 4.69) is 15.3 Å². The molecular weight excluding hydrogens is 454 g/mol. The summed E-state index contributed by atoms with van der Waals surface area (Å²) >= 11 is 0. The van der Waals surface area contributed by atoms with E-state index >= 15 is 0 Å². The molecule has 0 unspecified atom stereocenters. The first-order chi connectivity index (χ1) is 16.2. The number of rotatable bonds is 9. The van der Waals surface area contributed by atoms with E-state index < -0.39 is 15.1 Å². The molecule has 0 saturated carbocycles. The molecule has 3 rings (SSSR count). The summed E-state index contributed by atoms with van der Waals surface area (Å²) in [5.74, 6) is -0.526. The number of benzene rings is 2. The number of aliphatic hydroxyl groups is 1. The van der Waals surface area contributed by atoms with Crippen molar-refractivity contribution in [3.8, 4) is 11.3 Å². The molecule has 0 amide bonds. The lowest BCUT2D eigenvalue weighted by molar-refractivity contribution is 0.292. The van der Waals surface area contributed by atoms with Gasteiger partial charge in [0.25, 0.3) is 0 Å². The van der Waals surface area contributed by atoms with E-state index in [-0.39, 0.29) is 29.0 Å². The average Bonchev–Trinajstić information content (AvgIpc) is 2.84. The van der Waals surface area contributed by atoms with Gasteiger partial charge < -0.3 is 15.2 Å². The SMILES string of the molecule is CC(C)S(=O)(=O)c1ccc(-c2cncc(C(=N)OC(=N)c3ccc(CNCCO)cc3)n2)cc1. The maximum atomic E-state index is 12.3. The molecule has 0 bridgehead atoms. The lowest BCUT2D eigenvalue weighted by Crippen LogP contribution is -2.17. The second kappa shape index (κ2) is 11.1. The lowest BCUT2D eigenvalue weighted by Gasteiger charge is -2.10. The molecule has 3 aromatic rings. The Labute approximate surface area is 198 Å². The number of hydrogen-bond donors (Lipinski definition) is 4. The van der Waals surface area contributed by atoms with Crippen molar-refractivity contribution in [1.29, 1.82) is 10.8 Å². The maximum absolute atomic E-state index is 12.3. The summed E-state index contributed by atoms with van der Waals surface area (Å²) in [5.41, 5.74) is 2.73. The average molecular weight is 482 g/mol. The number of nitrogens with zero attached hydrogens (tertiary/aromatic N) is 2. The Kier molecular flexibility index (Phi) is 8.21. The number of ether oxygens (including phenoxy) is 1. The number of hydrogen-bond acceptors (Lipinski definition) is 9. The van der Waals surface area contributed by atoms with Gasteiger partial charge in [-0.3, -0.25) is 15.8 Å². The molecule has 10 heteroatoms. The molecule has 4 N–H and O–H groups in total. The molecule has 178 valence electrons. The van der Waals surface area contributed by atoms with E-state index in [0.717, 1.165) is 5.56 Å². The molecule has 34 heavy (non-hydrogen) atoms. The topological polar surface area (TPSA) is 149 Å². The van der Waals surface area contributed by atoms with Gasteiger partial charge in [-0.1, -0.05) is 24.3 Å². The smallest absolute Gasteiger partial charge is 0.241 e. The van der Waals surface area contributed by atoms with Crippen LogP contribution < -0.4 is 5.32 Å². The van der Waals surface area contributed by atoms with Crippen molar-refractivity contribution in [2.75, 3.05) is 13.2 Å². The van der Waals surface area contributed by atoms with Crippen molar-refractivity contribution in [3.63, 3.8) is 0 Å². The van der Waals surface area contributed by atoms with E-state index in [1.165, 1.54) is 24.5 Å². The largest absolute Gasteiger partial charge is 0.419 e. The third-order valence-electron chi connectivity index (χ3n) is 5.00. The Hall–Kier alpha value is -3.47. The molecule has 2 aromatic carbocycles. The van der Waals surface area contributed by atoms with Gasteiger partial charge in [0.05, 0.1) is 34.8 Å². The second-order valence-electron chi connectivity index (χ2n) is 7.77. The van der Waals surface area contributed by atoms with Gasteiger partial charge in [-0.25, -0.2) is 13.4 Å². The molecule has 0 spiro atoms. The molecule has 0 radical (unpaired) electrons.